The fraction of sp³-hybridized carbons (Fsp3) is 0.852. The topological polar surface area (TPSA) is 75.0 Å². The monoisotopic (exact) mass is 475 g/mol. The molecule has 0 radical (unpaired) electrons. The lowest BCUT2D eigenvalue weighted by atomic mass is 9.89. The Morgan fingerprint density at radius 2 is 1.74 bits per heavy atom. The Morgan fingerprint density at radius 3 is 2.41 bits per heavy atom. The van der Waals surface area contributed by atoms with Crippen molar-refractivity contribution in [2.75, 3.05) is 46.4 Å². The van der Waals surface area contributed by atoms with Crippen molar-refractivity contribution in [3.05, 3.63) is 23.3 Å². The molecule has 7 nitrogen and oxygen atoms in total. The first-order chi connectivity index (χ1) is 16.5. The molecular formula is C27H49N5O2. The van der Waals surface area contributed by atoms with Crippen molar-refractivity contribution in [2.45, 2.75) is 95.7 Å². The minimum Gasteiger partial charge on any atom is -0.372 e. The zero-order valence-corrected chi connectivity index (χ0v) is 21.8. The Balaban J connectivity index is 1.33. The Labute approximate surface area is 207 Å². The van der Waals surface area contributed by atoms with Gasteiger partial charge in [-0.25, -0.2) is 5.01 Å². The van der Waals surface area contributed by atoms with Gasteiger partial charge in [0.25, 0.3) is 0 Å². The second-order valence-electron chi connectivity index (χ2n) is 11.0. The summed E-state index contributed by atoms with van der Waals surface area (Å²) in [6.45, 7) is 10.3. The molecule has 7 heteroatoms. The van der Waals surface area contributed by atoms with Crippen molar-refractivity contribution in [2.24, 2.45) is 11.8 Å². The number of nitrogens with zero attached hydrogens (tertiary/aromatic N) is 2. The molecule has 194 valence electrons. The molecule has 0 spiro atoms. The van der Waals surface area contributed by atoms with Crippen molar-refractivity contribution in [1.82, 2.24) is 20.5 Å². The van der Waals surface area contributed by atoms with E-state index in [-0.39, 0.29) is 24.4 Å². The molecule has 0 aromatic rings. The van der Waals surface area contributed by atoms with E-state index < -0.39 is 0 Å². The van der Waals surface area contributed by atoms with Gasteiger partial charge in [0.2, 0.25) is 0 Å². The number of hydrazine groups is 1. The Hall–Kier alpha value is -0.800. The number of fused-ring (bicyclic) bond motifs is 1. The van der Waals surface area contributed by atoms with Crippen molar-refractivity contribution in [3.63, 3.8) is 0 Å². The van der Waals surface area contributed by atoms with Crippen LogP contribution in [-0.2, 0) is 9.47 Å². The number of hydrogen-bond acceptors (Lipinski definition) is 7. The summed E-state index contributed by atoms with van der Waals surface area (Å²) in [7, 11) is 1.94. The van der Waals surface area contributed by atoms with Crippen LogP contribution >= 0.6 is 0 Å². The predicted molar refractivity (Wildman–Crippen MR) is 138 cm³/mol. The van der Waals surface area contributed by atoms with Crippen LogP contribution in [0.3, 0.4) is 0 Å². The molecule has 3 heterocycles. The molecule has 4 fully saturated rings. The summed E-state index contributed by atoms with van der Waals surface area (Å²) in [6, 6.07) is 0.437. The first-order valence-corrected chi connectivity index (χ1v) is 13.8. The normalized spacial score (nSPS) is 32.6. The van der Waals surface area contributed by atoms with Gasteiger partial charge in [-0.15, -0.1) is 0 Å². The van der Waals surface area contributed by atoms with Crippen LogP contribution in [-0.4, -0.2) is 86.8 Å². The molecule has 3 aliphatic heterocycles. The second kappa shape index (κ2) is 12.9. The number of likely N-dealkylation sites (tertiary alicyclic amines) is 1. The maximum absolute atomic E-state index is 6.33. The highest BCUT2D eigenvalue weighted by Crippen LogP contribution is 2.29. The number of nitrogens with two attached hydrogens (primary N) is 1. The average molecular weight is 476 g/mol. The largest absolute Gasteiger partial charge is 0.372 e. The van der Waals surface area contributed by atoms with E-state index in [1.54, 1.807) is 5.01 Å². The molecule has 1 saturated carbocycles. The zero-order chi connectivity index (χ0) is 23.9. The highest BCUT2D eigenvalue weighted by molar-refractivity contribution is 5.27. The molecule has 5 atom stereocenters. The average Bonchev–Trinajstić information content (AvgIpc) is 3.56. The SMILES string of the molecule is CC/C=C(\C=C(/C)C(NC1COC2C(NCC3CCCCC3)COC12)N(C)N)CN1CCCC1. The standard InChI is InChI=1S/C27H49N5O2/c1-4-10-22(17-32-13-8-9-14-32)15-20(2)27(31(3)28)30-24-19-34-25-23(18-33-26(24)25)29-16-21-11-6-5-7-12-21/h10,15,21,23-27,29-30H,4-9,11-14,16-19,28H2,1-3H3/b20-15+,22-10+. The van der Waals surface area contributed by atoms with Crippen molar-refractivity contribution in [3.8, 4) is 0 Å². The van der Waals surface area contributed by atoms with E-state index >= 15 is 0 Å². The lowest BCUT2D eigenvalue weighted by molar-refractivity contribution is 0.0626. The molecule has 0 bridgehead atoms. The van der Waals surface area contributed by atoms with Crippen LogP contribution in [0.1, 0.15) is 65.2 Å². The lowest BCUT2D eigenvalue weighted by Crippen LogP contribution is -2.55. The summed E-state index contributed by atoms with van der Waals surface area (Å²) in [5.74, 6) is 7.15. The minimum absolute atomic E-state index is 0.0518. The van der Waals surface area contributed by atoms with E-state index in [4.69, 9.17) is 15.3 Å². The third kappa shape index (κ3) is 6.90. The van der Waals surface area contributed by atoms with Crippen LogP contribution < -0.4 is 16.5 Å². The predicted octanol–water partition coefficient (Wildman–Crippen LogP) is 2.79. The molecule has 4 aliphatic rings. The quantitative estimate of drug-likeness (QED) is 0.184. The third-order valence-electron chi connectivity index (χ3n) is 8.14. The lowest BCUT2D eigenvalue weighted by Gasteiger charge is -2.31. The van der Waals surface area contributed by atoms with Crippen LogP contribution in [0.5, 0.6) is 0 Å². The fourth-order valence-electron chi connectivity index (χ4n) is 6.30. The van der Waals surface area contributed by atoms with Crippen molar-refractivity contribution in [1.29, 1.82) is 0 Å². The van der Waals surface area contributed by atoms with Gasteiger partial charge >= 0.3 is 0 Å². The molecule has 4 N–H and O–H groups in total. The second-order valence-corrected chi connectivity index (χ2v) is 11.0. The number of ether oxygens (including phenoxy) is 2. The van der Waals surface area contributed by atoms with Crippen LogP contribution in [0.15, 0.2) is 23.3 Å². The van der Waals surface area contributed by atoms with E-state index in [0.717, 1.165) is 32.0 Å². The summed E-state index contributed by atoms with van der Waals surface area (Å²) in [6.07, 6.45) is 15.4. The van der Waals surface area contributed by atoms with Gasteiger partial charge in [0.15, 0.2) is 0 Å². The van der Waals surface area contributed by atoms with Crippen molar-refractivity contribution < 1.29 is 9.47 Å². The highest BCUT2D eigenvalue weighted by Gasteiger charge is 2.48. The van der Waals surface area contributed by atoms with Gasteiger partial charge in [0.05, 0.1) is 31.5 Å². The molecule has 5 unspecified atom stereocenters. The first kappa shape index (κ1) is 26.3. The summed E-state index contributed by atoms with van der Waals surface area (Å²) < 4.78 is 12.5. The van der Waals surface area contributed by atoms with Gasteiger partial charge < -0.3 is 14.8 Å². The van der Waals surface area contributed by atoms with Gasteiger partial charge in [0, 0.05) is 13.6 Å². The summed E-state index contributed by atoms with van der Waals surface area (Å²) >= 11 is 0. The molecule has 4 rings (SSSR count). The van der Waals surface area contributed by atoms with E-state index in [2.05, 4.69) is 41.5 Å². The zero-order valence-electron chi connectivity index (χ0n) is 21.8. The Bertz CT molecular complexity index is 685. The maximum Gasteiger partial charge on any atom is 0.103 e. The number of hydrogen-bond donors (Lipinski definition) is 3. The molecule has 0 amide bonds. The van der Waals surface area contributed by atoms with Crippen molar-refractivity contribution >= 4 is 0 Å². The Morgan fingerprint density at radius 1 is 1.06 bits per heavy atom. The van der Waals surface area contributed by atoms with Gasteiger partial charge in [-0.05, 0) is 75.7 Å². The first-order valence-electron chi connectivity index (χ1n) is 13.8. The van der Waals surface area contributed by atoms with E-state index in [9.17, 15) is 0 Å². The minimum atomic E-state index is -0.0518. The number of likely N-dealkylation sites (N-methyl/N-ethyl adjacent to an activating group) is 1. The van der Waals surface area contributed by atoms with Gasteiger partial charge in [-0.3, -0.25) is 16.1 Å². The van der Waals surface area contributed by atoms with Crippen LogP contribution in [0, 0.1) is 5.92 Å². The van der Waals surface area contributed by atoms with Gasteiger partial charge in [-0.2, -0.15) is 0 Å². The molecular weight excluding hydrogens is 426 g/mol. The Kier molecular flexibility index (Phi) is 10.0. The van der Waals surface area contributed by atoms with E-state index in [1.165, 1.54) is 69.2 Å². The smallest absolute Gasteiger partial charge is 0.103 e. The maximum atomic E-state index is 6.33. The van der Waals surface area contributed by atoms with Crippen LogP contribution in [0.4, 0.5) is 0 Å². The molecule has 34 heavy (non-hydrogen) atoms. The fourth-order valence-corrected chi connectivity index (χ4v) is 6.30. The van der Waals surface area contributed by atoms with E-state index in [1.807, 2.05) is 7.05 Å². The molecule has 1 aliphatic carbocycles. The van der Waals surface area contributed by atoms with Crippen LogP contribution in [0.2, 0.25) is 0 Å². The highest BCUT2D eigenvalue weighted by atomic mass is 16.6. The summed E-state index contributed by atoms with van der Waals surface area (Å²) in [4.78, 5) is 2.56. The molecule has 3 saturated heterocycles. The molecule has 0 aromatic heterocycles. The molecule has 0 aromatic carbocycles. The number of rotatable bonds is 11. The number of allylic oxidation sites excluding steroid dienone is 1. The summed E-state index contributed by atoms with van der Waals surface area (Å²) in [5, 5.41) is 9.33. The van der Waals surface area contributed by atoms with E-state index in [0.29, 0.717) is 12.6 Å². The van der Waals surface area contributed by atoms with Crippen LogP contribution in [0.25, 0.3) is 0 Å². The third-order valence-corrected chi connectivity index (χ3v) is 8.14. The van der Waals surface area contributed by atoms with Gasteiger partial charge in [-0.1, -0.05) is 38.3 Å². The van der Waals surface area contributed by atoms with Gasteiger partial charge in [0.1, 0.15) is 12.2 Å². The number of nitrogens with one attached hydrogen (secondary N) is 2. The summed E-state index contributed by atoms with van der Waals surface area (Å²) in [5.41, 5.74) is 2.62.